The van der Waals surface area contributed by atoms with Gasteiger partial charge in [-0.2, -0.15) is 13.2 Å². The molecule has 0 aliphatic heterocycles. The molecule has 1 N–H and O–H groups in total. The first-order chi connectivity index (χ1) is 13.4. The number of pyridine rings is 1. The maximum Gasteiger partial charge on any atom is 0.397 e. The van der Waals surface area contributed by atoms with Crippen molar-refractivity contribution < 1.29 is 22.7 Å². The highest BCUT2D eigenvalue weighted by molar-refractivity contribution is 6.35. The lowest BCUT2D eigenvalue weighted by Crippen LogP contribution is -2.37. The van der Waals surface area contributed by atoms with E-state index in [1.54, 1.807) is 36.5 Å². The van der Waals surface area contributed by atoms with Gasteiger partial charge in [0.1, 0.15) is 11.3 Å². The number of rotatable bonds is 6. The standard InChI is InChI=1S/C20H16ClF3N2O2/c21-16-8-9-17(19-14(16)7-4-10-25-19)28-12-18(27)26-11-15(20(22,23)24)13-5-2-1-3-6-13/h1-10,15H,11-12H2,(H,26,27)/t15-/m0/s1. The van der Waals surface area contributed by atoms with Crippen LogP contribution in [0.2, 0.25) is 5.02 Å². The number of nitrogens with zero attached hydrogens (tertiary/aromatic N) is 1. The number of aromatic nitrogens is 1. The number of ether oxygens (including phenoxy) is 1. The van der Waals surface area contributed by atoms with E-state index in [0.717, 1.165) is 0 Å². The zero-order valence-electron chi connectivity index (χ0n) is 14.5. The smallest absolute Gasteiger partial charge is 0.397 e. The number of nitrogens with one attached hydrogen (secondary N) is 1. The summed E-state index contributed by atoms with van der Waals surface area (Å²) in [5.74, 6) is -2.13. The zero-order valence-corrected chi connectivity index (χ0v) is 15.3. The molecule has 2 aromatic carbocycles. The molecule has 3 rings (SSSR count). The van der Waals surface area contributed by atoms with E-state index in [4.69, 9.17) is 16.3 Å². The van der Waals surface area contributed by atoms with Crippen LogP contribution in [0.3, 0.4) is 0 Å². The number of benzene rings is 2. The zero-order chi connectivity index (χ0) is 20.1. The summed E-state index contributed by atoms with van der Waals surface area (Å²) in [5.41, 5.74) is 0.560. The first-order valence-electron chi connectivity index (χ1n) is 8.40. The van der Waals surface area contributed by atoms with Crippen LogP contribution in [0.15, 0.2) is 60.8 Å². The van der Waals surface area contributed by atoms with E-state index in [2.05, 4.69) is 10.3 Å². The molecule has 0 spiro atoms. The Hall–Kier alpha value is -2.80. The second-order valence-electron chi connectivity index (χ2n) is 6.04. The Morgan fingerprint density at radius 2 is 1.86 bits per heavy atom. The maximum atomic E-state index is 13.3. The van der Waals surface area contributed by atoms with Crippen molar-refractivity contribution in [2.24, 2.45) is 0 Å². The minimum atomic E-state index is -4.48. The molecule has 28 heavy (non-hydrogen) atoms. The van der Waals surface area contributed by atoms with Crippen LogP contribution >= 0.6 is 11.6 Å². The van der Waals surface area contributed by atoms with Gasteiger partial charge >= 0.3 is 6.18 Å². The number of carbonyl (C=O) groups is 1. The number of alkyl halides is 3. The van der Waals surface area contributed by atoms with Gasteiger partial charge in [0.25, 0.3) is 5.91 Å². The SMILES string of the molecule is O=C(COc1ccc(Cl)c2cccnc12)NC[C@@H](c1ccccc1)C(F)(F)F. The molecular weight excluding hydrogens is 393 g/mol. The molecule has 1 aromatic heterocycles. The third-order valence-corrected chi connectivity index (χ3v) is 4.47. The van der Waals surface area contributed by atoms with E-state index in [9.17, 15) is 18.0 Å². The molecular formula is C20H16ClF3N2O2. The van der Waals surface area contributed by atoms with Crippen molar-refractivity contribution in [3.8, 4) is 5.75 Å². The van der Waals surface area contributed by atoms with Crippen molar-refractivity contribution in [2.45, 2.75) is 12.1 Å². The second kappa shape index (κ2) is 8.48. The van der Waals surface area contributed by atoms with Crippen LogP contribution in [-0.2, 0) is 4.79 Å². The number of carbonyl (C=O) groups excluding carboxylic acids is 1. The Balaban J connectivity index is 1.64. The van der Waals surface area contributed by atoms with E-state index >= 15 is 0 Å². The summed E-state index contributed by atoms with van der Waals surface area (Å²) in [5, 5.41) is 3.43. The van der Waals surface area contributed by atoms with Gasteiger partial charge in [-0.25, -0.2) is 0 Å². The number of hydrogen-bond acceptors (Lipinski definition) is 3. The van der Waals surface area contributed by atoms with Crippen molar-refractivity contribution in [3.63, 3.8) is 0 Å². The summed E-state index contributed by atoms with van der Waals surface area (Å²) < 4.78 is 45.4. The van der Waals surface area contributed by atoms with Crippen LogP contribution in [0.1, 0.15) is 11.5 Å². The van der Waals surface area contributed by atoms with Crippen LogP contribution in [0.25, 0.3) is 10.9 Å². The van der Waals surface area contributed by atoms with E-state index in [-0.39, 0.29) is 5.56 Å². The van der Waals surface area contributed by atoms with E-state index in [1.807, 2.05) is 0 Å². The molecule has 0 radical (unpaired) electrons. The maximum absolute atomic E-state index is 13.3. The molecule has 8 heteroatoms. The Bertz CT molecular complexity index is 965. The van der Waals surface area contributed by atoms with Gasteiger partial charge in [-0.15, -0.1) is 0 Å². The first-order valence-corrected chi connectivity index (χ1v) is 8.78. The van der Waals surface area contributed by atoms with Gasteiger partial charge in [0, 0.05) is 18.1 Å². The normalized spacial score (nSPS) is 12.6. The average molecular weight is 409 g/mol. The van der Waals surface area contributed by atoms with Crippen molar-refractivity contribution in [3.05, 3.63) is 71.4 Å². The Morgan fingerprint density at radius 3 is 2.57 bits per heavy atom. The third-order valence-electron chi connectivity index (χ3n) is 4.14. The van der Waals surface area contributed by atoms with Crippen LogP contribution in [-0.4, -0.2) is 30.2 Å². The van der Waals surface area contributed by atoms with E-state index in [1.165, 1.54) is 24.3 Å². The van der Waals surface area contributed by atoms with Crippen LogP contribution in [0.4, 0.5) is 13.2 Å². The lowest BCUT2D eigenvalue weighted by molar-refractivity contribution is -0.150. The molecule has 0 saturated heterocycles. The summed E-state index contributed by atoms with van der Waals surface area (Å²) in [7, 11) is 0. The summed E-state index contributed by atoms with van der Waals surface area (Å²) in [6.45, 7) is -1.01. The van der Waals surface area contributed by atoms with Gasteiger partial charge in [0.05, 0.1) is 10.9 Å². The van der Waals surface area contributed by atoms with Crippen LogP contribution < -0.4 is 10.1 Å². The monoisotopic (exact) mass is 408 g/mol. The van der Waals surface area contributed by atoms with Gasteiger partial charge in [-0.1, -0.05) is 41.9 Å². The van der Waals surface area contributed by atoms with E-state index < -0.39 is 31.2 Å². The van der Waals surface area contributed by atoms with E-state index in [0.29, 0.717) is 21.7 Å². The van der Waals surface area contributed by atoms with Gasteiger partial charge in [-0.05, 0) is 29.8 Å². The molecule has 0 saturated carbocycles. The Labute approximate surface area is 164 Å². The lowest BCUT2D eigenvalue weighted by atomic mass is 9.98. The predicted octanol–water partition coefficient (Wildman–Crippen LogP) is 4.73. The molecule has 146 valence electrons. The molecule has 4 nitrogen and oxygen atoms in total. The number of amides is 1. The van der Waals surface area contributed by atoms with Crippen molar-refractivity contribution >= 4 is 28.4 Å². The number of halogens is 4. The Kier molecular flexibility index (Phi) is 6.04. The third kappa shape index (κ3) is 4.72. The van der Waals surface area contributed by atoms with Crippen LogP contribution in [0, 0.1) is 0 Å². The summed E-state index contributed by atoms with van der Waals surface area (Å²) in [6, 6.07) is 14.1. The largest absolute Gasteiger partial charge is 0.481 e. The highest BCUT2D eigenvalue weighted by Gasteiger charge is 2.40. The predicted molar refractivity (Wildman–Crippen MR) is 100 cm³/mol. The minimum Gasteiger partial charge on any atom is -0.481 e. The summed E-state index contributed by atoms with van der Waals surface area (Å²) in [6.07, 6.45) is -2.93. The van der Waals surface area contributed by atoms with Crippen molar-refractivity contribution in [1.29, 1.82) is 0 Å². The highest BCUT2D eigenvalue weighted by Crippen LogP contribution is 2.34. The minimum absolute atomic E-state index is 0.0871. The highest BCUT2D eigenvalue weighted by atomic mass is 35.5. The molecule has 0 aliphatic carbocycles. The van der Waals surface area contributed by atoms with Gasteiger partial charge < -0.3 is 10.1 Å². The first kappa shape index (κ1) is 19.9. The molecule has 0 bridgehead atoms. The van der Waals surface area contributed by atoms with Gasteiger partial charge in [-0.3, -0.25) is 9.78 Å². The number of hydrogen-bond donors (Lipinski definition) is 1. The average Bonchev–Trinajstić information content (AvgIpc) is 2.68. The fraction of sp³-hybridized carbons (Fsp3) is 0.200. The van der Waals surface area contributed by atoms with Crippen molar-refractivity contribution in [1.82, 2.24) is 10.3 Å². The summed E-state index contributed by atoms with van der Waals surface area (Å²) >= 11 is 6.10. The molecule has 1 heterocycles. The van der Waals surface area contributed by atoms with Crippen molar-refractivity contribution in [2.75, 3.05) is 13.2 Å². The van der Waals surface area contributed by atoms with Gasteiger partial charge in [0.15, 0.2) is 6.61 Å². The molecule has 0 fully saturated rings. The lowest BCUT2D eigenvalue weighted by Gasteiger charge is -2.21. The second-order valence-corrected chi connectivity index (χ2v) is 6.45. The quantitative estimate of drug-likeness (QED) is 0.641. The number of fused-ring (bicyclic) bond motifs is 1. The topological polar surface area (TPSA) is 51.2 Å². The molecule has 1 atom stereocenters. The molecule has 0 unspecified atom stereocenters. The van der Waals surface area contributed by atoms with Gasteiger partial charge in [0.2, 0.25) is 0 Å². The Morgan fingerprint density at radius 1 is 1.11 bits per heavy atom. The molecule has 3 aromatic rings. The van der Waals surface area contributed by atoms with Crippen LogP contribution in [0.5, 0.6) is 5.75 Å². The fourth-order valence-corrected chi connectivity index (χ4v) is 2.96. The fourth-order valence-electron chi connectivity index (χ4n) is 2.75. The summed E-state index contributed by atoms with van der Waals surface area (Å²) in [4.78, 5) is 16.2. The molecule has 1 amide bonds. The molecule has 0 aliphatic rings.